The van der Waals surface area contributed by atoms with Crippen molar-refractivity contribution >= 4 is 17.5 Å². The van der Waals surface area contributed by atoms with Crippen LogP contribution in [0.25, 0.3) is 5.65 Å². The maximum Gasteiger partial charge on any atom is 0.303 e. The zero-order valence-electron chi connectivity index (χ0n) is 16.8. The number of carboxylic acids is 1. The van der Waals surface area contributed by atoms with Gasteiger partial charge in [-0.05, 0) is 57.0 Å². The molecule has 0 fully saturated rings. The third-order valence-corrected chi connectivity index (χ3v) is 4.55. The summed E-state index contributed by atoms with van der Waals surface area (Å²) in [6, 6.07) is 10.9. The van der Waals surface area contributed by atoms with Crippen molar-refractivity contribution in [1.82, 2.24) is 14.7 Å². The first-order valence-electron chi connectivity index (χ1n) is 9.43. The molecule has 0 radical (unpaired) electrons. The number of carboxylic acid groups (broad SMARTS) is 1. The van der Waals surface area contributed by atoms with Crippen LogP contribution in [0.5, 0.6) is 5.75 Å². The van der Waals surface area contributed by atoms with Gasteiger partial charge in [0.05, 0.1) is 5.69 Å². The van der Waals surface area contributed by atoms with Crippen molar-refractivity contribution in [3.05, 3.63) is 65.6 Å². The highest BCUT2D eigenvalue weighted by Gasteiger charge is 2.22. The minimum Gasteiger partial charge on any atom is -0.487 e. The summed E-state index contributed by atoms with van der Waals surface area (Å²) in [5.74, 6) is -0.590. The molecule has 152 valence electrons. The number of fused-ring (bicyclic) bond motifs is 1. The Morgan fingerprint density at radius 1 is 1.21 bits per heavy atom. The second-order valence-electron chi connectivity index (χ2n) is 7.75. The molecule has 0 aliphatic heterocycles. The van der Waals surface area contributed by atoms with E-state index in [-0.39, 0.29) is 18.9 Å². The minimum absolute atomic E-state index is 0.00499. The summed E-state index contributed by atoms with van der Waals surface area (Å²) >= 11 is 0. The van der Waals surface area contributed by atoms with Gasteiger partial charge in [0, 0.05) is 29.9 Å². The van der Waals surface area contributed by atoms with Gasteiger partial charge in [-0.25, -0.2) is 4.98 Å². The van der Waals surface area contributed by atoms with E-state index in [9.17, 15) is 9.59 Å². The Bertz CT molecular complexity index is 1040. The van der Waals surface area contributed by atoms with Gasteiger partial charge in [-0.1, -0.05) is 12.1 Å². The highest BCUT2D eigenvalue weighted by molar-refractivity contribution is 5.95. The number of carbonyl (C=O) groups excluding carboxylic acids is 1. The first-order valence-corrected chi connectivity index (χ1v) is 9.43. The van der Waals surface area contributed by atoms with Gasteiger partial charge in [-0.15, -0.1) is 0 Å². The lowest BCUT2D eigenvalue weighted by Crippen LogP contribution is -2.43. The van der Waals surface area contributed by atoms with Gasteiger partial charge in [0.2, 0.25) is 0 Å². The van der Waals surface area contributed by atoms with Crippen molar-refractivity contribution in [2.75, 3.05) is 0 Å². The molecule has 0 aliphatic carbocycles. The monoisotopic (exact) mass is 395 g/mol. The van der Waals surface area contributed by atoms with Crippen LogP contribution in [0.1, 0.15) is 48.3 Å². The van der Waals surface area contributed by atoms with Crippen LogP contribution in [0.4, 0.5) is 0 Å². The van der Waals surface area contributed by atoms with E-state index in [2.05, 4.69) is 10.3 Å². The van der Waals surface area contributed by atoms with Crippen molar-refractivity contribution in [3.8, 4) is 5.75 Å². The minimum atomic E-state index is -0.884. The predicted octanol–water partition coefficient (Wildman–Crippen LogP) is 3.59. The van der Waals surface area contributed by atoms with Crippen LogP contribution in [-0.4, -0.2) is 31.9 Å². The molecule has 0 spiro atoms. The second-order valence-corrected chi connectivity index (χ2v) is 7.75. The Morgan fingerprint density at radius 2 is 2.00 bits per heavy atom. The summed E-state index contributed by atoms with van der Waals surface area (Å²) in [7, 11) is 0. The summed E-state index contributed by atoms with van der Waals surface area (Å²) in [4.78, 5) is 27.8. The van der Waals surface area contributed by atoms with Crippen LogP contribution in [0, 0.1) is 6.92 Å². The number of carbonyl (C=O) groups is 2. The van der Waals surface area contributed by atoms with Gasteiger partial charge in [-0.2, -0.15) is 0 Å². The molecule has 0 atom stereocenters. The first-order chi connectivity index (χ1) is 13.7. The molecule has 0 saturated carbocycles. The van der Waals surface area contributed by atoms with E-state index in [0.717, 1.165) is 16.9 Å². The number of nitrogens with zero attached hydrogens (tertiary/aromatic N) is 2. The fourth-order valence-electron chi connectivity index (χ4n) is 2.97. The molecule has 29 heavy (non-hydrogen) atoms. The molecular formula is C22H25N3O4. The fraction of sp³-hybridized carbons (Fsp3) is 0.318. The van der Waals surface area contributed by atoms with Gasteiger partial charge in [-0.3, -0.25) is 9.59 Å². The van der Waals surface area contributed by atoms with Crippen LogP contribution >= 0.6 is 0 Å². The third kappa shape index (κ3) is 5.57. The SMILES string of the molecule is Cc1ccc2nc(COc3cccc(C(=O)NC(C)(C)CCC(=O)O)c3)cn2c1. The number of imidazole rings is 1. The van der Waals surface area contributed by atoms with Crippen LogP contribution in [0.2, 0.25) is 0 Å². The number of hydrogen-bond donors (Lipinski definition) is 2. The molecule has 0 aliphatic rings. The molecule has 3 aromatic rings. The van der Waals surface area contributed by atoms with Gasteiger partial charge >= 0.3 is 5.97 Å². The molecule has 1 amide bonds. The quantitative estimate of drug-likeness (QED) is 0.608. The van der Waals surface area contributed by atoms with Gasteiger partial charge in [0.15, 0.2) is 0 Å². The molecule has 7 heteroatoms. The van der Waals surface area contributed by atoms with E-state index in [1.54, 1.807) is 38.1 Å². The molecule has 0 bridgehead atoms. The van der Waals surface area contributed by atoms with Crippen molar-refractivity contribution in [3.63, 3.8) is 0 Å². The van der Waals surface area contributed by atoms with Crippen molar-refractivity contribution in [2.24, 2.45) is 0 Å². The van der Waals surface area contributed by atoms with Gasteiger partial charge in [0.1, 0.15) is 18.0 Å². The van der Waals surface area contributed by atoms with Crippen LogP contribution < -0.4 is 10.1 Å². The summed E-state index contributed by atoms with van der Waals surface area (Å²) in [6.07, 6.45) is 4.26. The van der Waals surface area contributed by atoms with Crippen molar-refractivity contribution < 1.29 is 19.4 Å². The molecule has 7 nitrogen and oxygen atoms in total. The topological polar surface area (TPSA) is 92.9 Å². The number of pyridine rings is 1. The Kier molecular flexibility index (Phi) is 5.87. The second kappa shape index (κ2) is 8.34. The third-order valence-electron chi connectivity index (χ3n) is 4.55. The van der Waals surface area contributed by atoms with E-state index >= 15 is 0 Å². The number of ether oxygens (including phenoxy) is 1. The zero-order chi connectivity index (χ0) is 21.0. The molecule has 2 heterocycles. The molecule has 2 aromatic heterocycles. The smallest absolute Gasteiger partial charge is 0.303 e. The zero-order valence-corrected chi connectivity index (χ0v) is 16.8. The Morgan fingerprint density at radius 3 is 2.76 bits per heavy atom. The maximum absolute atomic E-state index is 12.6. The molecule has 0 saturated heterocycles. The summed E-state index contributed by atoms with van der Waals surface area (Å²) in [6.45, 7) is 5.92. The number of nitrogens with one attached hydrogen (secondary N) is 1. The van der Waals surface area contributed by atoms with E-state index in [0.29, 0.717) is 17.7 Å². The Labute approximate surface area is 169 Å². The molecule has 1 aromatic carbocycles. The number of aryl methyl sites for hydroxylation is 1. The van der Waals surface area contributed by atoms with E-state index in [1.807, 2.05) is 35.9 Å². The van der Waals surface area contributed by atoms with Crippen LogP contribution in [-0.2, 0) is 11.4 Å². The lowest BCUT2D eigenvalue weighted by atomic mass is 9.97. The largest absolute Gasteiger partial charge is 0.487 e. The van der Waals surface area contributed by atoms with Crippen molar-refractivity contribution in [1.29, 1.82) is 0 Å². The number of aliphatic carboxylic acids is 1. The molecule has 0 unspecified atom stereocenters. The molecule has 3 rings (SSSR count). The normalized spacial score (nSPS) is 11.4. The highest BCUT2D eigenvalue weighted by Crippen LogP contribution is 2.18. The number of amides is 1. The fourth-order valence-corrected chi connectivity index (χ4v) is 2.97. The van der Waals surface area contributed by atoms with E-state index in [1.165, 1.54) is 0 Å². The summed E-state index contributed by atoms with van der Waals surface area (Å²) in [5.41, 5.74) is 2.62. The average Bonchev–Trinajstić information content (AvgIpc) is 3.07. The predicted molar refractivity (Wildman–Crippen MR) is 109 cm³/mol. The summed E-state index contributed by atoms with van der Waals surface area (Å²) < 4.78 is 7.77. The lowest BCUT2D eigenvalue weighted by molar-refractivity contribution is -0.137. The number of hydrogen-bond acceptors (Lipinski definition) is 4. The molecular weight excluding hydrogens is 370 g/mol. The lowest BCUT2D eigenvalue weighted by Gasteiger charge is -2.25. The first kappa shape index (κ1) is 20.4. The van der Waals surface area contributed by atoms with E-state index in [4.69, 9.17) is 9.84 Å². The van der Waals surface area contributed by atoms with Crippen molar-refractivity contribution in [2.45, 2.75) is 45.8 Å². The van der Waals surface area contributed by atoms with E-state index < -0.39 is 11.5 Å². The molecule has 2 N–H and O–H groups in total. The number of aromatic nitrogens is 2. The summed E-state index contributed by atoms with van der Waals surface area (Å²) in [5, 5.41) is 11.7. The highest BCUT2D eigenvalue weighted by atomic mass is 16.5. The Hall–Kier alpha value is -3.35. The number of benzene rings is 1. The standard InChI is InChI=1S/C22H25N3O4/c1-15-7-8-19-23-17(13-25(19)12-15)14-29-18-6-4-5-16(11-18)21(28)24-22(2,3)10-9-20(26)27/h4-8,11-13H,9-10,14H2,1-3H3,(H,24,28)(H,26,27). The number of rotatable bonds is 8. The average molecular weight is 395 g/mol. The van der Waals surface area contributed by atoms with Gasteiger partial charge < -0.3 is 19.6 Å². The van der Waals surface area contributed by atoms with Gasteiger partial charge in [0.25, 0.3) is 5.91 Å². The Balaban J connectivity index is 1.63. The maximum atomic E-state index is 12.6. The van der Waals surface area contributed by atoms with Crippen LogP contribution in [0.15, 0.2) is 48.8 Å². The van der Waals surface area contributed by atoms with Crippen LogP contribution in [0.3, 0.4) is 0 Å².